The monoisotopic (exact) mass is 1310 g/mol. The van der Waals surface area contributed by atoms with E-state index in [0.29, 0.717) is 92.1 Å². The number of nitriles is 1. The number of aryl methyl sites for hydroxylation is 2. The summed E-state index contributed by atoms with van der Waals surface area (Å²) in [5, 5.41) is 86.9. The molecule has 11 aromatic rings. The van der Waals surface area contributed by atoms with Crippen molar-refractivity contribution >= 4 is 39.7 Å². The first-order valence-corrected chi connectivity index (χ1v) is 32.0. The molecule has 3 aliphatic rings. The van der Waals surface area contributed by atoms with Gasteiger partial charge in [-0.05, 0) is 116 Å². The quantitative estimate of drug-likeness (QED) is 0.0803. The number of pyridine rings is 3. The molecule has 2 aromatic carbocycles. The van der Waals surface area contributed by atoms with Crippen LogP contribution in [0.3, 0.4) is 0 Å². The molecular weight excluding hydrogens is 1230 g/mol. The van der Waals surface area contributed by atoms with Gasteiger partial charge in [0.05, 0.1) is 43.0 Å². The van der Waals surface area contributed by atoms with E-state index in [1.54, 1.807) is 59.5 Å². The average molecular weight is 1310 g/mol. The molecule has 5 N–H and O–H groups in total. The summed E-state index contributed by atoms with van der Waals surface area (Å²) in [4.78, 5) is 32.9. The van der Waals surface area contributed by atoms with Gasteiger partial charge in [0.15, 0.2) is 0 Å². The number of rotatable bonds is 11. The van der Waals surface area contributed by atoms with Crippen molar-refractivity contribution in [1.29, 1.82) is 5.26 Å². The highest BCUT2D eigenvalue weighted by atomic mass is 19.1. The van der Waals surface area contributed by atoms with Crippen LogP contribution in [-0.2, 0) is 14.1 Å². The maximum Gasteiger partial charge on any atom is 0.245 e. The molecule has 3 atom stereocenters. The van der Waals surface area contributed by atoms with Gasteiger partial charge >= 0.3 is 0 Å². The lowest BCUT2D eigenvalue weighted by molar-refractivity contribution is 0.263. The number of anilines is 3. The zero-order valence-electron chi connectivity index (χ0n) is 56.4. The summed E-state index contributed by atoms with van der Waals surface area (Å²) < 4.78 is 22.6. The molecule has 3 saturated heterocycles. The highest BCUT2D eigenvalue weighted by Gasteiger charge is 2.35. The van der Waals surface area contributed by atoms with Gasteiger partial charge in [0.25, 0.3) is 0 Å². The summed E-state index contributed by atoms with van der Waals surface area (Å²) >= 11 is 0. The first-order chi connectivity index (χ1) is 46.2. The number of hydrogen-bond acceptors (Lipinski definition) is 24. The molecule has 28 heteroatoms. The van der Waals surface area contributed by atoms with E-state index in [1.165, 1.54) is 24.7 Å². The van der Waals surface area contributed by atoms with Crippen molar-refractivity contribution < 1.29 is 24.4 Å². The number of methoxy groups -OCH3 is 1. The van der Waals surface area contributed by atoms with E-state index in [9.17, 15) is 25.0 Å². The Labute approximate surface area is 560 Å². The van der Waals surface area contributed by atoms with Gasteiger partial charge in [-0.2, -0.15) is 24.9 Å². The molecule has 3 aliphatic heterocycles. The molecule has 0 aliphatic carbocycles. The minimum absolute atomic E-state index is 0.0144. The van der Waals surface area contributed by atoms with Gasteiger partial charge < -0.3 is 40.1 Å². The number of ether oxygens (including phenoxy) is 1. The SMILES string of the molecule is CC(C)(C)N[C@H]1CCN(c2ncc(-c3ncc(-c4cn[nH]c4F)cc3O)nn2)C1.COc1cc(-c2cnc(-c3cnc(N4CC[C@H](C(C)(C)C)C4)nn3)c(O)c2)cc2cn(C)nc12.Cn1cc2cc(-c3cnc(-c4cnc(N5CC[C@H](C(C)(C)C)C5)nn4)c(O)c3)cc(C#N)c2n1. The van der Waals surface area contributed by atoms with Crippen molar-refractivity contribution in [1.82, 2.24) is 95.6 Å². The Morgan fingerprint density at radius 3 is 1.39 bits per heavy atom. The number of nitrogens with zero attached hydrogens (tertiary/aromatic N) is 21. The maximum absolute atomic E-state index is 13.6. The number of halogens is 1. The van der Waals surface area contributed by atoms with Crippen molar-refractivity contribution in [3.05, 3.63) is 110 Å². The van der Waals surface area contributed by atoms with Crippen LogP contribution in [-0.4, -0.2) is 164 Å². The first kappa shape index (κ1) is 66.1. The molecular formula is C69H78FN23O4. The topological polar surface area (TPSA) is 334 Å². The van der Waals surface area contributed by atoms with E-state index in [4.69, 9.17) is 4.74 Å². The van der Waals surface area contributed by atoms with E-state index in [2.05, 4.69) is 169 Å². The van der Waals surface area contributed by atoms with Gasteiger partial charge in [-0.15, -0.1) is 30.6 Å². The normalized spacial score (nSPS) is 16.5. The highest BCUT2D eigenvalue weighted by Crippen LogP contribution is 2.40. The Bertz CT molecular complexity index is 4690. The smallest absolute Gasteiger partial charge is 0.245 e. The van der Waals surface area contributed by atoms with Crippen LogP contribution in [0.25, 0.3) is 89.4 Å². The van der Waals surface area contributed by atoms with Gasteiger partial charge in [0, 0.05) is 123 Å². The van der Waals surface area contributed by atoms with Crippen LogP contribution >= 0.6 is 0 Å². The van der Waals surface area contributed by atoms with Crippen LogP contribution in [0.1, 0.15) is 87.1 Å². The van der Waals surface area contributed by atoms with Crippen LogP contribution in [0, 0.1) is 39.9 Å². The van der Waals surface area contributed by atoms with Crippen LogP contribution in [0.5, 0.6) is 23.0 Å². The molecule has 14 rings (SSSR count). The van der Waals surface area contributed by atoms with Crippen molar-refractivity contribution in [3.63, 3.8) is 0 Å². The number of aromatic nitrogens is 18. The minimum atomic E-state index is -0.588. The van der Waals surface area contributed by atoms with Gasteiger partial charge in [0.2, 0.25) is 23.8 Å². The van der Waals surface area contributed by atoms with Crippen molar-refractivity contribution in [2.24, 2.45) is 36.8 Å². The van der Waals surface area contributed by atoms with E-state index in [-0.39, 0.29) is 44.9 Å². The molecule has 0 unspecified atom stereocenters. The van der Waals surface area contributed by atoms with Gasteiger partial charge in [0.1, 0.15) is 74.3 Å². The van der Waals surface area contributed by atoms with Crippen molar-refractivity contribution in [2.75, 3.05) is 61.1 Å². The number of benzene rings is 2. The molecule has 0 saturated carbocycles. The third-order valence-corrected chi connectivity index (χ3v) is 17.8. The van der Waals surface area contributed by atoms with Crippen molar-refractivity contribution in [3.8, 4) is 96.6 Å². The minimum Gasteiger partial charge on any atom is -0.506 e. The Morgan fingerprint density at radius 2 is 0.979 bits per heavy atom. The number of H-pyrrole nitrogens is 1. The summed E-state index contributed by atoms with van der Waals surface area (Å²) in [5.74, 6) is 2.86. The second kappa shape index (κ2) is 26.7. The Hall–Kier alpha value is -11.0. The highest BCUT2D eigenvalue weighted by molar-refractivity contribution is 5.91. The van der Waals surface area contributed by atoms with Crippen LogP contribution in [0.15, 0.2) is 98.2 Å². The summed E-state index contributed by atoms with van der Waals surface area (Å²) in [6.07, 6.45) is 17.9. The van der Waals surface area contributed by atoms with Gasteiger partial charge in [-0.3, -0.25) is 14.5 Å². The molecule has 12 heterocycles. The molecule has 27 nitrogen and oxygen atoms in total. The third-order valence-electron chi connectivity index (χ3n) is 17.8. The third kappa shape index (κ3) is 14.7. The van der Waals surface area contributed by atoms with E-state index in [0.717, 1.165) is 91.5 Å². The summed E-state index contributed by atoms with van der Waals surface area (Å²) in [6, 6.07) is 14.8. The lowest BCUT2D eigenvalue weighted by Crippen LogP contribution is -2.45. The zero-order chi connectivity index (χ0) is 68.7. The Balaban J connectivity index is 0.000000139. The summed E-state index contributed by atoms with van der Waals surface area (Å²) in [7, 11) is 5.30. The molecule has 0 bridgehead atoms. The van der Waals surface area contributed by atoms with E-state index >= 15 is 0 Å². The van der Waals surface area contributed by atoms with Crippen LogP contribution in [0.4, 0.5) is 22.2 Å². The summed E-state index contributed by atoms with van der Waals surface area (Å²) in [6.45, 7) is 25.4. The fourth-order valence-corrected chi connectivity index (χ4v) is 12.5. The van der Waals surface area contributed by atoms with Crippen LogP contribution in [0.2, 0.25) is 0 Å². The Kier molecular flexibility index (Phi) is 18.2. The standard InChI is InChI=1S/C25H26N8O.C25H29N7O2.C19H23FN8O/c1-25(2,3)19-5-6-33(14-19)24-28-12-20(29-30-24)23-21(34)9-17(11-27-23)15-7-16(10-26)22-18(8-15)13-32(4)31-22;1-25(2,3)18-6-7-32(14-18)24-27-12-19(28-29-24)23-20(33)9-16(11-26-23)15-8-17-13-31(4)30-22(17)21(10-15)34-5;1-19(2,3)24-12-4-5-28(10-12)18-22-9-14(25-27-18)16-15(29)6-11(7-21-16)13-8-23-26-17(13)20/h7-9,11-13,19,34H,5-6,14H2,1-4H3;8-13,18,33H,6-7,14H2,1-5H3;6-9,12,24,29H,4-5,10H2,1-3H3,(H,23,26)/t19-;18-;12-/m000/s1. The first-order valence-electron chi connectivity index (χ1n) is 32.0. The predicted octanol–water partition coefficient (Wildman–Crippen LogP) is 10.1. The number of hydrogen-bond donors (Lipinski definition) is 5. The predicted molar refractivity (Wildman–Crippen MR) is 365 cm³/mol. The fourth-order valence-electron chi connectivity index (χ4n) is 12.5. The molecule has 0 amide bonds. The van der Waals surface area contributed by atoms with E-state index in [1.807, 2.05) is 44.7 Å². The Morgan fingerprint density at radius 1 is 0.536 bits per heavy atom. The van der Waals surface area contributed by atoms with Gasteiger partial charge in [-0.25, -0.2) is 29.9 Å². The van der Waals surface area contributed by atoms with Gasteiger partial charge in [-0.1, -0.05) is 41.5 Å². The number of aromatic hydroxyl groups is 3. The van der Waals surface area contributed by atoms with E-state index < -0.39 is 5.95 Å². The second-order valence-electron chi connectivity index (χ2n) is 28.0. The second-order valence-corrected chi connectivity index (χ2v) is 28.0. The fraction of sp³-hybridized carbons (Fsp3) is 0.391. The average Bonchev–Trinajstić information content (AvgIpc) is 1.79. The molecule has 97 heavy (non-hydrogen) atoms. The molecule has 0 radical (unpaired) electrons. The summed E-state index contributed by atoms with van der Waals surface area (Å²) in [5.41, 5.74) is 8.25. The van der Waals surface area contributed by atoms with Crippen LogP contribution < -0.4 is 24.8 Å². The lowest BCUT2D eigenvalue weighted by atomic mass is 9.80. The van der Waals surface area contributed by atoms with Crippen molar-refractivity contribution in [2.45, 2.75) is 93.2 Å². The lowest BCUT2D eigenvalue weighted by Gasteiger charge is -2.26. The largest absolute Gasteiger partial charge is 0.506 e. The molecule has 500 valence electrons. The molecule has 9 aromatic heterocycles. The molecule has 3 fully saturated rings. The number of aromatic amines is 1. The number of fused-ring (bicyclic) bond motifs is 2. The number of nitrogens with one attached hydrogen (secondary N) is 2. The zero-order valence-corrected chi connectivity index (χ0v) is 56.4. The molecule has 0 spiro atoms. The maximum atomic E-state index is 13.6.